The van der Waals surface area contributed by atoms with Gasteiger partial charge in [-0.3, -0.25) is 14.4 Å². The lowest BCUT2D eigenvalue weighted by molar-refractivity contribution is -0.150. The van der Waals surface area contributed by atoms with Gasteiger partial charge in [-0.05, 0) is 74.9 Å². The Labute approximate surface area is 405 Å². The third kappa shape index (κ3) is 5.07. The van der Waals surface area contributed by atoms with Crippen LogP contribution in [-0.2, 0) is 27.4 Å². The summed E-state index contributed by atoms with van der Waals surface area (Å²) in [5, 5.41) is 22.2. The second-order valence-corrected chi connectivity index (χ2v) is 20.2. The molecule has 6 aliphatic rings. The standard InChI is InChI=1S/C28H24N4O3.C26H21N5O2.C2H6O/c1-2-35-27(34)28(29)12-14-11-20(28)32-19-10-6-3-7-15(19)21-17-13-30-26(33)23(17)22-16-8-4-5-9-18(16)31(14)25(22)24(21)32;27-25(33)26(28)10-12-9-18(26)31-17-8-4-1-5-13(17)19-15-11-29-24(32)21(15)20-14-6-2-3-7-16(14)30(12)23(20)22(19)31;1-2-3/h3-10,14,20H,2,11-13,29H2,1H3,(H,30,33);1-8,12,18H,9-11,28H2,(H2,27,33)(H,29,32);3H,2H2,1H3/t14-,20+,28-;12-,18+,26-;/m00./s1. The highest BCUT2D eigenvalue weighted by Crippen LogP contribution is 2.58. The number of nitrogens with two attached hydrogens (primary N) is 3. The Morgan fingerprint density at radius 2 is 0.944 bits per heavy atom. The number of hydrogen-bond acceptors (Lipinski definition) is 8. The first-order valence-corrected chi connectivity index (χ1v) is 24.7. The quantitative estimate of drug-likeness (QED) is 0.0972. The number of benzene rings is 6. The van der Waals surface area contributed by atoms with Gasteiger partial charge in [0.1, 0.15) is 11.1 Å². The number of primary amides is 1. The fourth-order valence-corrected chi connectivity index (χ4v) is 14.4. The number of fused-ring (bicyclic) bond motifs is 26. The van der Waals surface area contributed by atoms with E-state index >= 15 is 0 Å². The molecule has 0 spiro atoms. The lowest BCUT2D eigenvalue weighted by Crippen LogP contribution is -2.55. The number of rotatable bonds is 3. The second-order valence-electron chi connectivity index (χ2n) is 20.2. The van der Waals surface area contributed by atoms with Crippen LogP contribution in [0.3, 0.4) is 0 Å². The van der Waals surface area contributed by atoms with Crippen LogP contribution in [0.25, 0.3) is 87.2 Å². The van der Waals surface area contributed by atoms with Crippen molar-refractivity contribution in [3.05, 3.63) is 119 Å². The van der Waals surface area contributed by atoms with Crippen LogP contribution in [0.15, 0.2) is 97.1 Å². The maximum absolute atomic E-state index is 13.4. The summed E-state index contributed by atoms with van der Waals surface area (Å²) in [7, 11) is 0. The van der Waals surface area contributed by atoms with Gasteiger partial charge in [0.05, 0.1) is 51.9 Å². The molecular formula is C56H51N9O6. The zero-order chi connectivity index (χ0) is 48.6. The summed E-state index contributed by atoms with van der Waals surface area (Å²) in [4.78, 5) is 52.5. The number of para-hydroxylation sites is 4. The Kier molecular flexibility index (Phi) is 8.58. The normalized spacial score (nSPS) is 24.2. The largest absolute Gasteiger partial charge is 0.465 e. The van der Waals surface area contributed by atoms with Crippen molar-refractivity contribution < 1.29 is 29.0 Å². The maximum atomic E-state index is 13.4. The first-order chi connectivity index (χ1) is 34.5. The van der Waals surface area contributed by atoms with Crippen LogP contribution in [0.4, 0.5) is 0 Å². The Morgan fingerprint density at radius 3 is 1.35 bits per heavy atom. The first kappa shape index (κ1) is 42.2. The van der Waals surface area contributed by atoms with Gasteiger partial charge >= 0.3 is 5.97 Å². The Hall–Kier alpha value is -7.72. The third-order valence-electron chi connectivity index (χ3n) is 16.9. The Bertz CT molecular complexity index is 4100. The minimum Gasteiger partial charge on any atom is -0.465 e. The molecule has 3 amide bonds. The highest BCUT2D eigenvalue weighted by Gasteiger charge is 2.56. The molecule has 9 N–H and O–H groups in total. The molecule has 71 heavy (non-hydrogen) atoms. The molecule has 8 heterocycles. The number of aliphatic hydroxyl groups excluding tert-OH is 1. The van der Waals surface area contributed by atoms with E-state index in [1.54, 1.807) is 6.92 Å². The molecule has 2 saturated carbocycles. The maximum Gasteiger partial charge on any atom is 0.328 e. The van der Waals surface area contributed by atoms with Gasteiger partial charge in [-0.1, -0.05) is 72.8 Å². The summed E-state index contributed by atoms with van der Waals surface area (Å²) in [5.74, 6) is -0.843. The third-order valence-corrected chi connectivity index (χ3v) is 16.9. The predicted octanol–water partition coefficient (Wildman–Crippen LogP) is 7.51. The predicted molar refractivity (Wildman–Crippen MR) is 274 cm³/mol. The Balaban J connectivity index is 0.000000126. The number of ether oxygens (including phenoxy) is 1. The molecule has 15 nitrogen and oxygen atoms in total. The summed E-state index contributed by atoms with van der Waals surface area (Å²) in [5.41, 5.74) is 29.6. The van der Waals surface area contributed by atoms with Crippen molar-refractivity contribution >= 4 is 111 Å². The van der Waals surface area contributed by atoms with E-state index in [4.69, 9.17) is 27.0 Å². The van der Waals surface area contributed by atoms with Crippen molar-refractivity contribution in [2.24, 2.45) is 17.2 Å². The summed E-state index contributed by atoms with van der Waals surface area (Å²) in [6, 6.07) is 32.6. The molecule has 2 aliphatic carbocycles. The van der Waals surface area contributed by atoms with Crippen LogP contribution >= 0.6 is 0 Å². The van der Waals surface area contributed by atoms with Crippen molar-refractivity contribution in [2.75, 3.05) is 13.2 Å². The van der Waals surface area contributed by atoms with Crippen molar-refractivity contribution in [3.63, 3.8) is 0 Å². The molecule has 4 aliphatic heterocycles. The van der Waals surface area contributed by atoms with E-state index in [0.717, 1.165) is 116 Å². The lowest BCUT2D eigenvalue weighted by atomic mass is 9.92. The number of carbonyl (C=O) groups is 4. The molecule has 0 radical (unpaired) electrons. The fraction of sp³-hybridized carbons (Fsp3) is 0.286. The number of esters is 1. The van der Waals surface area contributed by atoms with Crippen molar-refractivity contribution in [3.8, 4) is 0 Å². The number of carbonyl (C=O) groups excluding carboxylic acids is 4. The van der Waals surface area contributed by atoms with E-state index in [-0.39, 0.29) is 48.6 Å². The number of amides is 3. The first-order valence-electron chi connectivity index (χ1n) is 24.7. The van der Waals surface area contributed by atoms with Crippen LogP contribution in [0.2, 0.25) is 0 Å². The number of nitrogens with zero attached hydrogens (tertiary/aromatic N) is 4. The average molecular weight is 946 g/mol. The molecule has 6 aromatic carbocycles. The average Bonchev–Trinajstić information content (AvgIpc) is 4.26. The molecule has 0 saturated heterocycles. The number of hydrogen-bond donors (Lipinski definition) is 6. The van der Waals surface area contributed by atoms with E-state index in [9.17, 15) is 19.2 Å². The molecule has 10 aromatic rings. The monoisotopic (exact) mass is 945 g/mol. The second kappa shape index (κ2) is 14.4. The van der Waals surface area contributed by atoms with Crippen LogP contribution in [-0.4, -0.2) is 71.4 Å². The highest BCUT2D eigenvalue weighted by molar-refractivity contribution is 6.32. The topological polar surface area (TPSA) is 220 Å². The van der Waals surface area contributed by atoms with Crippen LogP contribution in [0.5, 0.6) is 0 Å². The van der Waals surface area contributed by atoms with Crippen molar-refractivity contribution in [1.82, 2.24) is 28.9 Å². The molecule has 0 unspecified atom stereocenters. The summed E-state index contributed by atoms with van der Waals surface area (Å²) in [6.45, 7) is 5.04. The van der Waals surface area contributed by atoms with Gasteiger partial charge in [0.15, 0.2) is 0 Å². The summed E-state index contributed by atoms with van der Waals surface area (Å²) in [6.07, 6.45) is 2.40. The van der Waals surface area contributed by atoms with Gasteiger partial charge in [0.2, 0.25) is 5.91 Å². The molecule has 16 rings (SSSR count). The Morgan fingerprint density at radius 1 is 0.592 bits per heavy atom. The smallest absolute Gasteiger partial charge is 0.328 e. The summed E-state index contributed by atoms with van der Waals surface area (Å²) >= 11 is 0. The van der Waals surface area contributed by atoms with E-state index < -0.39 is 17.0 Å². The van der Waals surface area contributed by atoms with Crippen molar-refractivity contribution in [2.45, 2.75) is 87.9 Å². The molecule has 4 bridgehead atoms. The van der Waals surface area contributed by atoms with Crippen LogP contribution in [0, 0.1) is 0 Å². The van der Waals surface area contributed by atoms with Gasteiger partial charge < -0.3 is 55.9 Å². The SMILES string of the molecule is CCO.CCOC(=O)[C@]1(N)C[C@@H]2C[C@H]1n1c3ccccc3c3c4c(c5c6ccccc6n2c5c31)C(=O)NC4.NC(=O)[C@]1(N)C[C@@H]2C[C@H]1n1c3ccccc3c3c4c(c5c6ccccc6n2c5c31)C(=O)NC4. The van der Waals surface area contributed by atoms with Gasteiger partial charge in [0, 0.05) is 96.9 Å². The van der Waals surface area contributed by atoms with Gasteiger partial charge in [-0.15, -0.1) is 0 Å². The minimum absolute atomic E-state index is 0.0132. The molecular weight excluding hydrogens is 895 g/mol. The molecule has 6 atom stereocenters. The van der Waals surface area contributed by atoms with E-state index in [1.807, 2.05) is 55.5 Å². The van der Waals surface area contributed by atoms with Crippen LogP contribution in [0.1, 0.15) is 95.5 Å². The van der Waals surface area contributed by atoms with Gasteiger partial charge in [-0.25, -0.2) is 4.79 Å². The minimum atomic E-state index is -1.15. The molecule has 15 heteroatoms. The fourth-order valence-electron chi connectivity index (χ4n) is 14.4. The van der Waals surface area contributed by atoms with E-state index in [0.29, 0.717) is 39.0 Å². The van der Waals surface area contributed by atoms with Gasteiger partial charge in [0.25, 0.3) is 11.8 Å². The van der Waals surface area contributed by atoms with Crippen molar-refractivity contribution in [1.29, 1.82) is 0 Å². The highest BCUT2D eigenvalue weighted by atomic mass is 16.5. The molecule has 4 aromatic heterocycles. The zero-order valence-corrected chi connectivity index (χ0v) is 39.2. The van der Waals surface area contributed by atoms with E-state index in [1.165, 1.54) is 0 Å². The zero-order valence-electron chi connectivity index (χ0n) is 39.2. The molecule has 2 fully saturated rings. The lowest BCUT2D eigenvalue weighted by Gasteiger charge is -2.32. The number of nitrogens with one attached hydrogen (secondary N) is 2. The number of aromatic nitrogens is 4. The van der Waals surface area contributed by atoms with E-state index in [2.05, 4.69) is 77.4 Å². The number of aliphatic hydroxyl groups is 1. The van der Waals surface area contributed by atoms with Crippen LogP contribution < -0.4 is 27.8 Å². The summed E-state index contributed by atoms with van der Waals surface area (Å²) < 4.78 is 14.8. The molecule has 356 valence electrons. The van der Waals surface area contributed by atoms with Gasteiger partial charge in [-0.2, -0.15) is 0 Å².